The lowest BCUT2D eigenvalue weighted by Gasteiger charge is -2.34. The smallest absolute Gasteiger partial charge is 0.0980 e. The van der Waals surface area contributed by atoms with Crippen LogP contribution in [0.5, 0.6) is 0 Å². The highest BCUT2D eigenvalue weighted by atomic mass is 35.5. The summed E-state index contributed by atoms with van der Waals surface area (Å²) in [7, 11) is 0. The molecule has 118 valence electrons. The van der Waals surface area contributed by atoms with E-state index in [4.69, 9.17) is 16.3 Å². The zero-order chi connectivity index (χ0) is 15.2. The first-order chi connectivity index (χ1) is 10.1. The highest BCUT2D eigenvalue weighted by Crippen LogP contribution is 2.25. The molecule has 1 aromatic carbocycles. The summed E-state index contributed by atoms with van der Waals surface area (Å²) in [5, 5.41) is 13.4. The summed E-state index contributed by atoms with van der Waals surface area (Å²) >= 11 is 6.39. The maximum Gasteiger partial charge on any atom is 0.0980 e. The summed E-state index contributed by atoms with van der Waals surface area (Å²) in [6, 6.07) is 6.18. The van der Waals surface area contributed by atoms with Crippen LogP contribution in [0.1, 0.15) is 19.4 Å². The maximum atomic E-state index is 9.21. The molecular formula is C16H25ClN2O2. The van der Waals surface area contributed by atoms with Gasteiger partial charge in [0.25, 0.3) is 0 Å². The minimum absolute atomic E-state index is 0.0570. The molecule has 0 aromatic heterocycles. The Morgan fingerprint density at radius 2 is 2.29 bits per heavy atom. The Kier molecular flexibility index (Phi) is 6.30. The average molecular weight is 313 g/mol. The third kappa shape index (κ3) is 4.85. The zero-order valence-electron chi connectivity index (χ0n) is 12.8. The molecule has 0 spiro atoms. The summed E-state index contributed by atoms with van der Waals surface area (Å²) in [6.45, 7) is 8.39. The number of morpholine rings is 1. The van der Waals surface area contributed by atoms with Crippen LogP contribution >= 0.6 is 11.6 Å². The molecule has 0 aliphatic carbocycles. The average Bonchev–Trinajstić information content (AvgIpc) is 2.48. The second-order valence-electron chi connectivity index (χ2n) is 5.92. The number of aliphatic hydroxyl groups excluding tert-OH is 1. The quantitative estimate of drug-likeness (QED) is 0.846. The van der Waals surface area contributed by atoms with E-state index in [1.807, 2.05) is 6.07 Å². The number of nitrogens with one attached hydrogen (secondary N) is 1. The van der Waals surface area contributed by atoms with E-state index in [2.05, 4.69) is 36.2 Å². The fraction of sp³-hybridized carbons (Fsp3) is 0.625. The van der Waals surface area contributed by atoms with Crippen LogP contribution in [-0.2, 0) is 11.3 Å². The first kappa shape index (κ1) is 16.6. The number of hydrogen-bond donors (Lipinski definition) is 2. The van der Waals surface area contributed by atoms with Crippen LogP contribution in [0, 0.1) is 5.92 Å². The van der Waals surface area contributed by atoms with Crippen LogP contribution in [0.3, 0.4) is 0 Å². The second-order valence-corrected chi connectivity index (χ2v) is 6.33. The molecule has 0 radical (unpaired) electrons. The van der Waals surface area contributed by atoms with Crippen molar-refractivity contribution in [1.29, 1.82) is 0 Å². The van der Waals surface area contributed by atoms with Gasteiger partial charge in [0.15, 0.2) is 0 Å². The number of ether oxygens (including phenoxy) is 1. The van der Waals surface area contributed by atoms with Gasteiger partial charge in [-0.1, -0.05) is 31.5 Å². The summed E-state index contributed by atoms with van der Waals surface area (Å²) in [5.41, 5.74) is 2.21. The first-order valence-corrected chi connectivity index (χ1v) is 7.94. The second kappa shape index (κ2) is 7.99. The van der Waals surface area contributed by atoms with E-state index >= 15 is 0 Å². The van der Waals surface area contributed by atoms with Gasteiger partial charge in [0.05, 0.1) is 19.3 Å². The number of anilines is 1. The number of halogens is 1. The van der Waals surface area contributed by atoms with Crippen LogP contribution < -0.4 is 10.2 Å². The van der Waals surface area contributed by atoms with Gasteiger partial charge in [0, 0.05) is 30.3 Å². The van der Waals surface area contributed by atoms with Gasteiger partial charge in [-0.25, -0.2) is 0 Å². The van der Waals surface area contributed by atoms with E-state index in [0.717, 1.165) is 35.9 Å². The molecular weight excluding hydrogens is 288 g/mol. The predicted molar refractivity (Wildman–Crippen MR) is 87.0 cm³/mol. The van der Waals surface area contributed by atoms with Crippen LogP contribution in [0.4, 0.5) is 5.69 Å². The Balaban J connectivity index is 1.97. The highest BCUT2D eigenvalue weighted by molar-refractivity contribution is 6.31. The van der Waals surface area contributed by atoms with Crippen molar-refractivity contribution < 1.29 is 9.84 Å². The van der Waals surface area contributed by atoms with E-state index in [1.165, 1.54) is 0 Å². The lowest BCUT2D eigenvalue weighted by atomic mass is 10.1. The van der Waals surface area contributed by atoms with Crippen molar-refractivity contribution in [2.24, 2.45) is 5.92 Å². The Morgan fingerprint density at radius 1 is 1.48 bits per heavy atom. The molecule has 1 aromatic rings. The van der Waals surface area contributed by atoms with Gasteiger partial charge >= 0.3 is 0 Å². The van der Waals surface area contributed by atoms with Gasteiger partial charge < -0.3 is 20.1 Å². The Hall–Kier alpha value is -0.810. The van der Waals surface area contributed by atoms with Gasteiger partial charge in [-0.05, 0) is 30.2 Å². The summed E-state index contributed by atoms with van der Waals surface area (Å²) in [6.07, 6.45) is -0.107. The van der Waals surface area contributed by atoms with E-state index in [1.54, 1.807) is 0 Å². The lowest BCUT2D eigenvalue weighted by Crippen LogP contribution is -2.44. The highest BCUT2D eigenvalue weighted by Gasteiger charge is 2.20. The minimum atomic E-state index is -0.107. The molecule has 1 aliphatic rings. The van der Waals surface area contributed by atoms with Crippen molar-refractivity contribution in [3.8, 4) is 0 Å². The Morgan fingerprint density at radius 3 is 2.95 bits per heavy atom. The van der Waals surface area contributed by atoms with Crippen molar-refractivity contribution in [2.45, 2.75) is 26.5 Å². The number of hydrogen-bond acceptors (Lipinski definition) is 4. The van der Waals surface area contributed by atoms with Gasteiger partial charge in [-0.2, -0.15) is 0 Å². The molecule has 0 amide bonds. The number of aliphatic hydroxyl groups is 1. The summed E-state index contributed by atoms with van der Waals surface area (Å²) in [5.74, 6) is 0.631. The van der Waals surface area contributed by atoms with Crippen molar-refractivity contribution in [3.05, 3.63) is 28.8 Å². The normalized spacial score (nSPS) is 19.3. The van der Waals surface area contributed by atoms with E-state index in [-0.39, 0.29) is 12.7 Å². The van der Waals surface area contributed by atoms with Crippen LogP contribution in [-0.4, -0.2) is 44.1 Å². The SMILES string of the molecule is CC(C)CNCc1ccc(N2CCOC(CO)C2)cc1Cl. The van der Waals surface area contributed by atoms with E-state index < -0.39 is 0 Å². The molecule has 1 fully saturated rings. The number of benzene rings is 1. The molecule has 2 N–H and O–H groups in total. The number of nitrogens with zero attached hydrogens (tertiary/aromatic N) is 1. The molecule has 1 aliphatic heterocycles. The fourth-order valence-corrected chi connectivity index (χ4v) is 2.68. The van der Waals surface area contributed by atoms with Gasteiger partial charge in [-0.15, -0.1) is 0 Å². The maximum absolute atomic E-state index is 9.21. The van der Waals surface area contributed by atoms with Gasteiger partial charge in [-0.3, -0.25) is 0 Å². The van der Waals surface area contributed by atoms with E-state index in [9.17, 15) is 5.11 Å². The van der Waals surface area contributed by atoms with Crippen molar-refractivity contribution in [2.75, 3.05) is 37.7 Å². The van der Waals surface area contributed by atoms with Gasteiger partial charge in [0.1, 0.15) is 0 Å². The fourth-order valence-electron chi connectivity index (χ4n) is 2.44. The summed E-state index contributed by atoms with van der Waals surface area (Å²) in [4.78, 5) is 2.21. The van der Waals surface area contributed by atoms with E-state index in [0.29, 0.717) is 19.1 Å². The molecule has 0 bridgehead atoms. The third-order valence-electron chi connectivity index (χ3n) is 3.61. The Bertz CT molecular complexity index is 454. The zero-order valence-corrected chi connectivity index (χ0v) is 13.6. The monoisotopic (exact) mass is 312 g/mol. The molecule has 0 saturated carbocycles. The van der Waals surface area contributed by atoms with Crippen LogP contribution in [0.25, 0.3) is 0 Å². The lowest BCUT2D eigenvalue weighted by molar-refractivity contribution is 0.00357. The standard InChI is InChI=1S/C16H25ClN2O2/c1-12(2)8-18-9-13-3-4-14(7-16(13)17)19-5-6-21-15(10-19)11-20/h3-4,7,12,15,18,20H,5-6,8-11H2,1-2H3. The topological polar surface area (TPSA) is 44.7 Å². The van der Waals surface area contributed by atoms with Crippen LogP contribution in [0.2, 0.25) is 5.02 Å². The van der Waals surface area contributed by atoms with Gasteiger partial charge in [0.2, 0.25) is 0 Å². The minimum Gasteiger partial charge on any atom is -0.394 e. The van der Waals surface area contributed by atoms with Crippen molar-refractivity contribution in [1.82, 2.24) is 5.32 Å². The molecule has 1 heterocycles. The molecule has 21 heavy (non-hydrogen) atoms. The predicted octanol–water partition coefficient (Wildman–Crippen LogP) is 2.28. The third-order valence-corrected chi connectivity index (χ3v) is 3.96. The summed E-state index contributed by atoms with van der Waals surface area (Å²) < 4.78 is 5.47. The molecule has 1 unspecified atom stereocenters. The van der Waals surface area contributed by atoms with Crippen molar-refractivity contribution in [3.63, 3.8) is 0 Å². The molecule has 2 rings (SSSR count). The van der Waals surface area contributed by atoms with Crippen LogP contribution in [0.15, 0.2) is 18.2 Å². The largest absolute Gasteiger partial charge is 0.394 e. The first-order valence-electron chi connectivity index (χ1n) is 7.56. The van der Waals surface area contributed by atoms with Crippen molar-refractivity contribution >= 4 is 17.3 Å². The molecule has 1 saturated heterocycles. The number of rotatable bonds is 6. The molecule has 1 atom stereocenters. The molecule has 4 nitrogen and oxygen atoms in total. The molecule has 5 heteroatoms. The Labute approximate surface area is 132 Å².